The zero-order chi connectivity index (χ0) is 19.5. The summed E-state index contributed by atoms with van der Waals surface area (Å²) < 4.78 is 0. The molecular formula is C22H24N2O3S. The fourth-order valence-corrected chi connectivity index (χ4v) is 5.08. The Balaban J connectivity index is 1.47. The minimum atomic E-state index is -0.152. The van der Waals surface area contributed by atoms with Crippen LogP contribution in [0.15, 0.2) is 35.7 Å². The molecule has 2 fully saturated rings. The summed E-state index contributed by atoms with van der Waals surface area (Å²) >= 11 is 1.67. The third-order valence-corrected chi connectivity index (χ3v) is 6.73. The van der Waals surface area contributed by atoms with Crippen LogP contribution >= 0.6 is 11.3 Å². The molecule has 1 aromatic carbocycles. The van der Waals surface area contributed by atoms with Crippen molar-refractivity contribution in [2.24, 2.45) is 0 Å². The quantitative estimate of drug-likeness (QED) is 0.745. The van der Waals surface area contributed by atoms with Gasteiger partial charge in [0, 0.05) is 28.8 Å². The third-order valence-electron chi connectivity index (χ3n) is 5.64. The van der Waals surface area contributed by atoms with E-state index in [9.17, 15) is 14.4 Å². The number of nitrogens with zero attached hydrogens (tertiary/aromatic N) is 1. The van der Waals surface area contributed by atoms with E-state index in [2.05, 4.69) is 5.32 Å². The van der Waals surface area contributed by atoms with Gasteiger partial charge >= 0.3 is 0 Å². The minimum Gasteiger partial charge on any atom is -0.322 e. The number of nitrogens with one attached hydrogen (secondary N) is 1. The zero-order valence-electron chi connectivity index (χ0n) is 15.8. The van der Waals surface area contributed by atoms with E-state index < -0.39 is 0 Å². The van der Waals surface area contributed by atoms with Crippen LogP contribution in [0.25, 0.3) is 0 Å². The maximum atomic E-state index is 12.8. The highest BCUT2D eigenvalue weighted by atomic mass is 32.1. The highest BCUT2D eigenvalue weighted by Crippen LogP contribution is 2.36. The number of benzene rings is 1. The number of hydrogen-bond donors (Lipinski definition) is 1. The Hall–Kier alpha value is -2.47. The highest BCUT2D eigenvalue weighted by Gasteiger charge is 2.29. The standard InChI is InChI=1S/C22H24N2O3S/c25-20-10-11-21(26)24(20)13-16-8-4-5-9-18(16)23-22(27)17-12-19(28-14-17)15-6-2-1-3-7-15/h4-5,8-9,12,14-15H,1-3,6-7,10-11,13H2,(H,23,27). The predicted molar refractivity (Wildman–Crippen MR) is 109 cm³/mol. The summed E-state index contributed by atoms with van der Waals surface area (Å²) in [4.78, 5) is 39.2. The first-order valence-corrected chi connectivity index (χ1v) is 10.8. The Morgan fingerprint density at radius 1 is 1.07 bits per heavy atom. The molecule has 4 rings (SSSR count). The molecule has 1 aliphatic carbocycles. The molecule has 6 heteroatoms. The monoisotopic (exact) mass is 396 g/mol. The predicted octanol–water partition coefficient (Wildman–Crippen LogP) is 4.70. The van der Waals surface area contributed by atoms with Gasteiger partial charge in [-0.05, 0) is 36.5 Å². The van der Waals surface area contributed by atoms with E-state index in [1.807, 2.05) is 35.7 Å². The molecule has 0 spiro atoms. The van der Waals surface area contributed by atoms with Gasteiger partial charge in [-0.2, -0.15) is 0 Å². The number of thiophene rings is 1. The maximum absolute atomic E-state index is 12.8. The summed E-state index contributed by atoms with van der Waals surface area (Å²) in [6.07, 6.45) is 6.81. The molecule has 28 heavy (non-hydrogen) atoms. The molecule has 0 unspecified atom stereocenters. The number of anilines is 1. The molecule has 3 amide bonds. The summed E-state index contributed by atoms with van der Waals surface area (Å²) in [5.41, 5.74) is 2.08. The van der Waals surface area contributed by atoms with E-state index in [4.69, 9.17) is 0 Å². The molecule has 2 aromatic rings. The molecule has 5 nitrogen and oxygen atoms in total. The third kappa shape index (κ3) is 4.02. The van der Waals surface area contributed by atoms with E-state index >= 15 is 0 Å². The second-order valence-corrected chi connectivity index (χ2v) is 8.50. The molecule has 1 aliphatic heterocycles. The van der Waals surface area contributed by atoms with Crippen molar-refractivity contribution in [2.45, 2.75) is 57.4 Å². The van der Waals surface area contributed by atoms with Gasteiger partial charge in [-0.25, -0.2) is 0 Å². The first-order valence-electron chi connectivity index (χ1n) is 9.92. The molecule has 1 aromatic heterocycles. The number of carbonyl (C=O) groups excluding carboxylic acids is 3. The number of likely N-dealkylation sites (tertiary alicyclic amines) is 1. The van der Waals surface area contributed by atoms with E-state index in [0.717, 1.165) is 5.56 Å². The summed E-state index contributed by atoms with van der Waals surface area (Å²) in [5, 5.41) is 4.89. The van der Waals surface area contributed by atoms with E-state index in [-0.39, 0.29) is 37.1 Å². The van der Waals surface area contributed by atoms with Crippen LogP contribution in [0.3, 0.4) is 0 Å². The molecule has 2 aliphatic rings. The molecule has 1 saturated heterocycles. The van der Waals surface area contributed by atoms with Crippen molar-refractivity contribution in [3.8, 4) is 0 Å². The molecule has 0 bridgehead atoms. The van der Waals surface area contributed by atoms with Crippen molar-refractivity contribution < 1.29 is 14.4 Å². The SMILES string of the molecule is O=C(Nc1ccccc1CN1C(=O)CCC1=O)c1csc(C2CCCCC2)c1. The lowest BCUT2D eigenvalue weighted by atomic mass is 9.88. The summed E-state index contributed by atoms with van der Waals surface area (Å²) in [5.74, 6) is 0.131. The van der Waals surface area contributed by atoms with Gasteiger partial charge in [0.2, 0.25) is 11.8 Å². The highest BCUT2D eigenvalue weighted by molar-refractivity contribution is 7.10. The minimum absolute atomic E-state index is 0.148. The van der Waals surface area contributed by atoms with Crippen molar-refractivity contribution in [1.29, 1.82) is 0 Å². The molecule has 1 saturated carbocycles. The topological polar surface area (TPSA) is 66.5 Å². The van der Waals surface area contributed by atoms with E-state index in [1.54, 1.807) is 11.3 Å². The Bertz CT molecular complexity index is 883. The van der Waals surface area contributed by atoms with Crippen molar-refractivity contribution in [3.05, 3.63) is 51.7 Å². The lowest BCUT2D eigenvalue weighted by Gasteiger charge is -2.19. The van der Waals surface area contributed by atoms with Crippen molar-refractivity contribution in [2.75, 3.05) is 5.32 Å². The first kappa shape index (κ1) is 18.9. The first-order chi connectivity index (χ1) is 13.6. The van der Waals surface area contributed by atoms with Crippen molar-refractivity contribution in [1.82, 2.24) is 4.90 Å². The maximum Gasteiger partial charge on any atom is 0.256 e. The van der Waals surface area contributed by atoms with E-state index in [1.165, 1.54) is 41.9 Å². The summed E-state index contributed by atoms with van der Waals surface area (Å²) in [6, 6.07) is 9.37. The number of para-hydroxylation sites is 1. The number of imide groups is 1. The van der Waals surface area contributed by atoms with Gasteiger partial charge in [-0.1, -0.05) is 37.5 Å². The molecule has 2 heterocycles. The van der Waals surface area contributed by atoms with Crippen LogP contribution in [0, 0.1) is 0 Å². The van der Waals surface area contributed by atoms with Crippen LogP contribution < -0.4 is 5.32 Å². The average Bonchev–Trinajstić information content (AvgIpc) is 3.33. The lowest BCUT2D eigenvalue weighted by molar-refractivity contribution is -0.139. The molecule has 1 N–H and O–H groups in total. The van der Waals surface area contributed by atoms with Crippen LogP contribution in [0.5, 0.6) is 0 Å². The number of rotatable bonds is 5. The smallest absolute Gasteiger partial charge is 0.256 e. The van der Waals surface area contributed by atoms with Crippen LogP contribution in [-0.4, -0.2) is 22.6 Å². The molecule has 146 valence electrons. The second kappa shape index (κ2) is 8.27. The fourth-order valence-electron chi connectivity index (χ4n) is 4.02. The summed E-state index contributed by atoms with van der Waals surface area (Å²) in [6.45, 7) is 0.199. The average molecular weight is 397 g/mol. The van der Waals surface area contributed by atoms with Gasteiger partial charge in [0.15, 0.2) is 0 Å². The van der Waals surface area contributed by atoms with Crippen LogP contribution in [0.4, 0.5) is 5.69 Å². The molecular weight excluding hydrogens is 372 g/mol. The van der Waals surface area contributed by atoms with Crippen molar-refractivity contribution >= 4 is 34.7 Å². The zero-order valence-corrected chi connectivity index (χ0v) is 16.6. The molecule has 0 atom stereocenters. The largest absolute Gasteiger partial charge is 0.322 e. The number of hydrogen-bond acceptors (Lipinski definition) is 4. The lowest BCUT2D eigenvalue weighted by Crippen LogP contribution is -2.29. The number of carbonyl (C=O) groups is 3. The van der Waals surface area contributed by atoms with Gasteiger partial charge < -0.3 is 5.32 Å². The Kier molecular flexibility index (Phi) is 5.57. The van der Waals surface area contributed by atoms with Gasteiger partial charge in [-0.3, -0.25) is 19.3 Å². The molecule has 0 radical (unpaired) electrons. The van der Waals surface area contributed by atoms with Crippen LogP contribution in [0.1, 0.15) is 71.7 Å². The van der Waals surface area contributed by atoms with Crippen molar-refractivity contribution in [3.63, 3.8) is 0 Å². The number of amides is 3. The van der Waals surface area contributed by atoms with Gasteiger partial charge in [-0.15, -0.1) is 11.3 Å². The normalized spacial score (nSPS) is 17.9. The van der Waals surface area contributed by atoms with Gasteiger partial charge in [0.1, 0.15) is 0 Å². The van der Waals surface area contributed by atoms with Crippen LogP contribution in [0.2, 0.25) is 0 Å². The Morgan fingerprint density at radius 2 is 1.79 bits per heavy atom. The van der Waals surface area contributed by atoms with Gasteiger partial charge in [0.25, 0.3) is 5.91 Å². The Morgan fingerprint density at radius 3 is 2.54 bits per heavy atom. The Labute approximate surface area is 168 Å². The summed E-state index contributed by atoms with van der Waals surface area (Å²) in [7, 11) is 0. The van der Waals surface area contributed by atoms with E-state index in [0.29, 0.717) is 17.2 Å². The van der Waals surface area contributed by atoms with Crippen LogP contribution in [-0.2, 0) is 16.1 Å². The fraction of sp³-hybridized carbons (Fsp3) is 0.409. The second-order valence-electron chi connectivity index (χ2n) is 7.56. The van der Waals surface area contributed by atoms with Gasteiger partial charge in [0.05, 0.1) is 12.1 Å².